The van der Waals surface area contributed by atoms with Crippen molar-refractivity contribution in [3.63, 3.8) is 0 Å². The van der Waals surface area contributed by atoms with Crippen LogP contribution in [0.5, 0.6) is 5.75 Å². The lowest BCUT2D eigenvalue weighted by atomic mass is 9.73. The number of ether oxygens (including phenoxy) is 2. The Morgan fingerprint density at radius 2 is 2.03 bits per heavy atom. The maximum atomic E-state index is 13.9. The highest BCUT2D eigenvalue weighted by atomic mass is 16.5. The minimum Gasteiger partial charge on any atom is -0.497 e. The van der Waals surface area contributed by atoms with Crippen LogP contribution in [0.3, 0.4) is 0 Å². The molecule has 9 heteroatoms. The molecule has 0 radical (unpaired) electrons. The number of urea groups is 1. The molecule has 2 atom stereocenters. The minimum atomic E-state index is -1.19. The molecule has 36 heavy (non-hydrogen) atoms. The second-order valence-corrected chi connectivity index (χ2v) is 9.71. The molecule has 1 N–H and O–H groups in total. The number of pyridine rings is 1. The van der Waals surface area contributed by atoms with E-state index in [1.54, 1.807) is 25.6 Å². The third kappa shape index (κ3) is 4.55. The lowest BCUT2D eigenvalue weighted by Crippen LogP contribution is -2.54. The van der Waals surface area contributed by atoms with Crippen molar-refractivity contribution in [2.24, 2.45) is 5.92 Å². The minimum absolute atomic E-state index is 0.0407. The Bertz CT molecular complexity index is 1110. The molecule has 3 fully saturated rings. The number of nitrogens with one attached hydrogen (secondary N) is 1. The molecule has 4 amide bonds. The van der Waals surface area contributed by atoms with Gasteiger partial charge in [-0.15, -0.1) is 0 Å². The van der Waals surface area contributed by atoms with E-state index >= 15 is 0 Å². The van der Waals surface area contributed by atoms with Gasteiger partial charge in [-0.25, -0.2) is 4.79 Å². The van der Waals surface area contributed by atoms with Crippen LogP contribution in [0.25, 0.3) is 0 Å². The number of amides is 4. The topological polar surface area (TPSA) is 101 Å². The van der Waals surface area contributed by atoms with Crippen LogP contribution in [0.15, 0.2) is 48.8 Å². The van der Waals surface area contributed by atoms with Crippen LogP contribution in [0.1, 0.15) is 36.8 Å². The van der Waals surface area contributed by atoms with Gasteiger partial charge < -0.3 is 19.7 Å². The molecule has 2 aromatic rings. The predicted octanol–water partition coefficient (Wildman–Crippen LogP) is 2.50. The zero-order valence-corrected chi connectivity index (χ0v) is 20.5. The average Bonchev–Trinajstić information content (AvgIpc) is 3.52. The van der Waals surface area contributed by atoms with Crippen molar-refractivity contribution in [1.82, 2.24) is 20.1 Å². The fraction of sp³-hybridized carbons (Fsp3) is 0.481. The number of aromatic nitrogens is 1. The number of imide groups is 1. The number of hydrogen-bond acceptors (Lipinski definition) is 6. The number of benzene rings is 1. The molecular formula is C27H32N4O5. The van der Waals surface area contributed by atoms with Crippen LogP contribution in [0.2, 0.25) is 0 Å². The first kappa shape index (κ1) is 24.2. The Kier molecular flexibility index (Phi) is 6.91. The quantitative estimate of drug-likeness (QED) is 0.596. The van der Waals surface area contributed by atoms with E-state index in [1.165, 1.54) is 4.90 Å². The van der Waals surface area contributed by atoms with Crippen molar-refractivity contribution >= 4 is 17.8 Å². The molecule has 3 aliphatic rings. The van der Waals surface area contributed by atoms with Crippen LogP contribution >= 0.6 is 0 Å². The van der Waals surface area contributed by atoms with E-state index in [1.807, 2.05) is 35.2 Å². The summed E-state index contributed by atoms with van der Waals surface area (Å²) >= 11 is 0. The van der Waals surface area contributed by atoms with E-state index in [4.69, 9.17) is 9.47 Å². The zero-order chi connectivity index (χ0) is 25.1. The van der Waals surface area contributed by atoms with E-state index in [9.17, 15) is 14.4 Å². The van der Waals surface area contributed by atoms with Gasteiger partial charge >= 0.3 is 6.03 Å². The monoisotopic (exact) mass is 492 g/mol. The lowest BCUT2D eigenvalue weighted by Gasteiger charge is -2.41. The zero-order valence-electron chi connectivity index (χ0n) is 20.5. The number of piperidine rings is 1. The number of nitrogens with zero attached hydrogens (tertiary/aromatic N) is 3. The third-order valence-corrected chi connectivity index (χ3v) is 7.61. The van der Waals surface area contributed by atoms with Gasteiger partial charge in [0.15, 0.2) is 5.54 Å². The Balaban J connectivity index is 1.32. The number of likely N-dealkylation sites (tertiary alicyclic amines) is 1. The third-order valence-electron chi connectivity index (χ3n) is 7.61. The molecule has 1 aromatic heterocycles. The van der Waals surface area contributed by atoms with Gasteiger partial charge in [0.25, 0.3) is 5.91 Å². The van der Waals surface area contributed by atoms with E-state index in [-0.39, 0.29) is 30.4 Å². The predicted molar refractivity (Wildman–Crippen MR) is 131 cm³/mol. The molecule has 0 aliphatic carbocycles. The van der Waals surface area contributed by atoms with E-state index in [2.05, 4.69) is 10.3 Å². The first-order valence-corrected chi connectivity index (χ1v) is 12.6. The van der Waals surface area contributed by atoms with Crippen LogP contribution in [0, 0.1) is 5.92 Å². The van der Waals surface area contributed by atoms with Crippen molar-refractivity contribution in [3.05, 3.63) is 59.9 Å². The Hall–Kier alpha value is -3.46. The Morgan fingerprint density at radius 3 is 2.72 bits per heavy atom. The highest BCUT2D eigenvalue weighted by Crippen LogP contribution is 2.41. The van der Waals surface area contributed by atoms with Crippen molar-refractivity contribution in [1.29, 1.82) is 0 Å². The number of methoxy groups -OCH3 is 1. The molecule has 5 rings (SSSR count). The number of hydrogen-bond donors (Lipinski definition) is 1. The summed E-state index contributed by atoms with van der Waals surface area (Å²) in [7, 11) is 1.61. The summed E-state index contributed by atoms with van der Waals surface area (Å²) in [5.74, 6) is 0.352. The van der Waals surface area contributed by atoms with Gasteiger partial charge in [0, 0.05) is 37.7 Å². The van der Waals surface area contributed by atoms with E-state index in [0.717, 1.165) is 24.2 Å². The summed E-state index contributed by atoms with van der Waals surface area (Å²) in [4.78, 5) is 47.4. The van der Waals surface area contributed by atoms with Crippen molar-refractivity contribution in [3.8, 4) is 5.75 Å². The van der Waals surface area contributed by atoms with Gasteiger partial charge in [-0.3, -0.25) is 19.5 Å². The summed E-state index contributed by atoms with van der Waals surface area (Å²) in [6.45, 7) is 1.95. The van der Waals surface area contributed by atoms with Gasteiger partial charge in [-0.2, -0.15) is 0 Å². The molecule has 9 nitrogen and oxygen atoms in total. The van der Waals surface area contributed by atoms with Crippen LogP contribution in [-0.4, -0.2) is 72.1 Å². The molecule has 3 aliphatic heterocycles. The second-order valence-electron chi connectivity index (χ2n) is 9.71. The SMILES string of the molecule is COc1cccc(CC(=O)N2CCC([C@@]3(c4cccnc4)NC(=O)N(C[C@@H]4CCCO4)C3=O)CC2)c1. The molecule has 4 heterocycles. The summed E-state index contributed by atoms with van der Waals surface area (Å²) in [6.07, 6.45) is 6.45. The number of rotatable bonds is 7. The Morgan fingerprint density at radius 1 is 1.19 bits per heavy atom. The number of carbonyl (C=O) groups excluding carboxylic acids is 3. The van der Waals surface area contributed by atoms with Crippen LogP contribution in [0.4, 0.5) is 4.79 Å². The van der Waals surface area contributed by atoms with Crippen molar-refractivity contribution in [2.45, 2.75) is 43.7 Å². The largest absolute Gasteiger partial charge is 0.497 e. The van der Waals surface area contributed by atoms with E-state index in [0.29, 0.717) is 44.5 Å². The smallest absolute Gasteiger partial charge is 0.325 e. The van der Waals surface area contributed by atoms with Crippen LogP contribution in [-0.2, 0) is 26.3 Å². The van der Waals surface area contributed by atoms with Crippen LogP contribution < -0.4 is 10.1 Å². The average molecular weight is 493 g/mol. The van der Waals surface area contributed by atoms with Crippen molar-refractivity contribution < 1.29 is 23.9 Å². The molecule has 0 bridgehead atoms. The summed E-state index contributed by atoms with van der Waals surface area (Å²) < 4.78 is 11.0. The molecule has 0 saturated carbocycles. The molecule has 1 aromatic carbocycles. The Labute approximate surface area is 210 Å². The normalized spacial score (nSPS) is 24.8. The maximum Gasteiger partial charge on any atom is 0.325 e. The van der Waals surface area contributed by atoms with Crippen molar-refractivity contribution in [2.75, 3.05) is 33.4 Å². The second kappa shape index (κ2) is 10.3. The van der Waals surface area contributed by atoms with E-state index < -0.39 is 11.6 Å². The maximum absolute atomic E-state index is 13.9. The molecule has 0 unspecified atom stereocenters. The highest BCUT2D eigenvalue weighted by molar-refractivity contribution is 6.07. The highest BCUT2D eigenvalue weighted by Gasteiger charge is 2.57. The summed E-state index contributed by atoms with van der Waals surface area (Å²) in [5, 5.41) is 3.05. The molecule has 190 valence electrons. The standard InChI is InChI=1S/C27H32N4O5/c1-35-22-7-2-5-19(15-22)16-24(32)30-12-9-20(10-13-30)27(21-6-3-11-28-17-21)25(33)31(26(34)29-27)18-23-8-4-14-36-23/h2-3,5-7,11,15,17,20,23H,4,8-10,12-14,16,18H2,1H3,(H,29,34)/t23-,27-/m0/s1. The number of carbonyl (C=O) groups is 3. The summed E-state index contributed by atoms with van der Waals surface area (Å²) in [6, 6.07) is 10.8. The fourth-order valence-electron chi connectivity index (χ4n) is 5.69. The van der Waals surface area contributed by atoms with Gasteiger partial charge in [-0.1, -0.05) is 18.2 Å². The molecular weight excluding hydrogens is 460 g/mol. The summed E-state index contributed by atoms with van der Waals surface area (Å²) in [5.41, 5.74) is 0.391. The van der Waals surface area contributed by atoms with Gasteiger partial charge in [0.2, 0.25) is 5.91 Å². The molecule has 0 spiro atoms. The van der Waals surface area contributed by atoms with Gasteiger partial charge in [0.1, 0.15) is 5.75 Å². The fourth-order valence-corrected chi connectivity index (χ4v) is 5.69. The first-order valence-electron chi connectivity index (χ1n) is 12.6. The molecule has 3 saturated heterocycles. The van der Waals surface area contributed by atoms with Gasteiger partial charge in [-0.05, 0) is 55.4 Å². The van der Waals surface area contributed by atoms with Gasteiger partial charge in [0.05, 0.1) is 26.2 Å². The lowest BCUT2D eigenvalue weighted by molar-refractivity contribution is -0.137. The first-order chi connectivity index (χ1) is 17.5.